The fourth-order valence-corrected chi connectivity index (χ4v) is 3.64. The molecule has 5 rings (SSSR count). The van der Waals surface area contributed by atoms with E-state index in [1.165, 1.54) is 0 Å². The minimum atomic E-state index is -0.413. The van der Waals surface area contributed by atoms with E-state index in [2.05, 4.69) is 38.4 Å². The molecule has 1 aromatic carbocycles. The Morgan fingerprint density at radius 1 is 1.15 bits per heavy atom. The topological polar surface area (TPSA) is 74.5 Å². The third kappa shape index (κ3) is 2.26. The normalized spacial score (nSPS) is 20.7. The van der Waals surface area contributed by atoms with E-state index in [1.807, 2.05) is 30.3 Å². The fourth-order valence-electron chi connectivity index (χ4n) is 3.64. The third-order valence-corrected chi connectivity index (χ3v) is 5.14. The number of nitrogens with zero attached hydrogens (tertiary/aromatic N) is 4. The van der Waals surface area contributed by atoms with Gasteiger partial charge in [0.25, 0.3) is 5.91 Å². The highest BCUT2D eigenvalue weighted by atomic mass is 16.2. The molecule has 1 saturated heterocycles. The second-order valence-electron chi connectivity index (χ2n) is 6.70. The number of carbonyl (C=O) groups excluding carboxylic acids is 1. The molecule has 2 aliphatic rings. The second-order valence-corrected chi connectivity index (χ2v) is 6.70. The average molecular weight is 343 g/mol. The summed E-state index contributed by atoms with van der Waals surface area (Å²) < 4.78 is 0. The van der Waals surface area contributed by atoms with E-state index in [1.54, 1.807) is 17.4 Å². The first-order valence-electron chi connectivity index (χ1n) is 8.66. The van der Waals surface area contributed by atoms with Crippen LogP contribution < -0.4 is 0 Å². The molecule has 6 heteroatoms. The summed E-state index contributed by atoms with van der Waals surface area (Å²) in [4.78, 5) is 22.8. The highest BCUT2D eigenvalue weighted by molar-refractivity contribution is 5.97. The van der Waals surface area contributed by atoms with Crippen molar-refractivity contribution in [1.29, 1.82) is 0 Å². The summed E-state index contributed by atoms with van der Waals surface area (Å²) in [6, 6.07) is 12.2. The van der Waals surface area contributed by atoms with E-state index in [-0.39, 0.29) is 5.91 Å². The number of hydrogen-bond donors (Lipinski definition) is 1. The van der Waals surface area contributed by atoms with E-state index in [0.717, 1.165) is 35.6 Å². The number of allylic oxidation sites excluding steroid dienone is 1. The lowest BCUT2D eigenvalue weighted by Crippen LogP contribution is -2.31. The van der Waals surface area contributed by atoms with Gasteiger partial charge in [0.05, 0.1) is 11.1 Å². The smallest absolute Gasteiger partial charge is 0.275 e. The Labute approximate surface area is 150 Å². The van der Waals surface area contributed by atoms with Gasteiger partial charge in [-0.25, -0.2) is 9.97 Å². The number of carbonyl (C=O) groups is 1. The van der Waals surface area contributed by atoms with Crippen LogP contribution in [0.1, 0.15) is 33.0 Å². The van der Waals surface area contributed by atoms with E-state index < -0.39 is 5.41 Å². The average Bonchev–Trinajstić information content (AvgIpc) is 3.48. The molecule has 1 aliphatic carbocycles. The first kappa shape index (κ1) is 15.0. The van der Waals surface area contributed by atoms with Crippen LogP contribution in [0, 0.1) is 0 Å². The molecule has 1 amide bonds. The van der Waals surface area contributed by atoms with Gasteiger partial charge in [-0.15, -0.1) is 0 Å². The van der Waals surface area contributed by atoms with Crippen LogP contribution in [0.4, 0.5) is 0 Å². The van der Waals surface area contributed by atoms with Crippen LogP contribution in [-0.2, 0) is 11.8 Å². The molecule has 2 aromatic heterocycles. The monoisotopic (exact) mass is 343 g/mol. The van der Waals surface area contributed by atoms with Crippen LogP contribution in [0.15, 0.2) is 55.0 Å². The largest absolute Gasteiger partial charge is 0.334 e. The van der Waals surface area contributed by atoms with Crippen LogP contribution in [0.3, 0.4) is 0 Å². The number of amides is 1. The van der Waals surface area contributed by atoms with Crippen molar-refractivity contribution < 1.29 is 4.79 Å². The van der Waals surface area contributed by atoms with Crippen LogP contribution in [0.25, 0.3) is 6.08 Å². The molecule has 3 heterocycles. The Morgan fingerprint density at radius 2 is 2.00 bits per heavy atom. The fraction of sp³-hybridized carbons (Fsp3) is 0.200. The number of aromatic nitrogens is 4. The predicted molar refractivity (Wildman–Crippen MR) is 96.5 cm³/mol. The molecule has 0 radical (unpaired) electrons. The Bertz CT molecular complexity index is 950. The molecule has 128 valence electrons. The zero-order chi connectivity index (χ0) is 17.6. The van der Waals surface area contributed by atoms with Crippen LogP contribution >= 0.6 is 0 Å². The van der Waals surface area contributed by atoms with E-state index in [4.69, 9.17) is 0 Å². The van der Waals surface area contributed by atoms with E-state index >= 15 is 0 Å². The molecule has 1 unspecified atom stereocenters. The summed E-state index contributed by atoms with van der Waals surface area (Å²) in [7, 11) is 0. The molecule has 3 aromatic rings. The van der Waals surface area contributed by atoms with Gasteiger partial charge in [0.2, 0.25) is 0 Å². The molecular formula is C20H17N5O. The van der Waals surface area contributed by atoms with Gasteiger partial charge in [0.1, 0.15) is 6.33 Å². The molecule has 1 atom stereocenters. The maximum Gasteiger partial charge on any atom is 0.275 e. The molecule has 0 spiro atoms. The lowest BCUT2D eigenvalue weighted by atomic mass is 9.70. The van der Waals surface area contributed by atoms with Gasteiger partial charge in [-0.1, -0.05) is 42.5 Å². The van der Waals surface area contributed by atoms with Gasteiger partial charge < -0.3 is 4.90 Å². The van der Waals surface area contributed by atoms with E-state index in [9.17, 15) is 4.79 Å². The molecular weight excluding hydrogens is 326 g/mol. The van der Waals surface area contributed by atoms with E-state index in [0.29, 0.717) is 12.1 Å². The highest BCUT2D eigenvalue weighted by Gasteiger charge is 2.39. The molecule has 0 saturated carbocycles. The molecule has 0 bridgehead atoms. The summed E-state index contributed by atoms with van der Waals surface area (Å²) in [5.74, 6) is 0.00129. The van der Waals surface area contributed by atoms with Gasteiger partial charge in [0, 0.05) is 37.0 Å². The number of hydrogen-bond acceptors (Lipinski definition) is 4. The van der Waals surface area contributed by atoms with Crippen LogP contribution in [0.2, 0.25) is 0 Å². The quantitative estimate of drug-likeness (QED) is 0.740. The number of fused-ring (bicyclic) bond motifs is 1. The van der Waals surface area contributed by atoms with Crippen molar-refractivity contribution in [3.8, 4) is 0 Å². The van der Waals surface area contributed by atoms with Crippen LogP contribution in [-0.4, -0.2) is 44.1 Å². The first-order valence-corrected chi connectivity index (χ1v) is 8.66. The molecule has 1 fully saturated rings. The molecule has 26 heavy (non-hydrogen) atoms. The van der Waals surface area contributed by atoms with Gasteiger partial charge in [-0.3, -0.25) is 9.89 Å². The van der Waals surface area contributed by atoms with Crippen molar-refractivity contribution in [2.24, 2.45) is 0 Å². The van der Waals surface area contributed by atoms with Crippen molar-refractivity contribution in [2.45, 2.75) is 11.8 Å². The molecule has 1 aliphatic heterocycles. The minimum Gasteiger partial charge on any atom is -0.334 e. The number of nitrogens with one attached hydrogen (secondary N) is 1. The van der Waals surface area contributed by atoms with Crippen molar-refractivity contribution in [2.75, 3.05) is 13.1 Å². The Hall–Kier alpha value is -3.28. The van der Waals surface area contributed by atoms with Gasteiger partial charge in [-0.2, -0.15) is 5.10 Å². The minimum absolute atomic E-state index is 0.00129. The zero-order valence-electron chi connectivity index (χ0n) is 14.1. The van der Waals surface area contributed by atoms with Gasteiger partial charge >= 0.3 is 0 Å². The number of benzene rings is 1. The van der Waals surface area contributed by atoms with Crippen LogP contribution in [0.5, 0.6) is 0 Å². The summed E-state index contributed by atoms with van der Waals surface area (Å²) in [5, 5.41) is 7.40. The number of aromatic amines is 1. The standard InChI is InChI=1S/C20H17N5O/c26-19(25-10-11-25)18-15-6-8-20(12-16(15)23-24-18,14-4-2-1-3-5-14)17-7-9-21-13-22-17/h1-9,13H,10-12H2,(H,23,24). The predicted octanol–water partition coefficient (Wildman–Crippen LogP) is 2.21. The number of rotatable bonds is 3. The Kier molecular flexibility index (Phi) is 3.25. The molecule has 1 N–H and O–H groups in total. The Morgan fingerprint density at radius 3 is 2.73 bits per heavy atom. The van der Waals surface area contributed by atoms with Crippen molar-refractivity contribution in [1.82, 2.24) is 25.1 Å². The lowest BCUT2D eigenvalue weighted by molar-refractivity contribution is 0.0880. The maximum atomic E-state index is 12.4. The van der Waals surface area contributed by atoms with Crippen molar-refractivity contribution in [3.63, 3.8) is 0 Å². The van der Waals surface area contributed by atoms with Gasteiger partial charge in [0.15, 0.2) is 5.69 Å². The number of H-pyrrole nitrogens is 1. The summed E-state index contributed by atoms with van der Waals surface area (Å²) in [6.07, 6.45) is 8.15. The first-order chi connectivity index (χ1) is 12.8. The SMILES string of the molecule is O=C(c1n[nH]c2c1C=CC(c1ccccc1)(c1ccncn1)C2)N1CC1. The summed E-state index contributed by atoms with van der Waals surface area (Å²) in [5.41, 5.74) is 4.02. The summed E-state index contributed by atoms with van der Waals surface area (Å²) >= 11 is 0. The van der Waals surface area contributed by atoms with Crippen molar-refractivity contribution in [3.05, 3.63) is 83.2 Å². The van der Waals surface area contributed by atoms with Gasteiger partial charge in [-0.05, 0) is 11.6 Å². The zero-order valence-corrected chi connectivity index (χ0v) is 14.1. The Balaban J connectivity index is 1.63. The summed E-state index contributed by atoms with van der Waals surface area (Å²) in [6.45, 7) is 1.64. The molecule has 6 nitrogen and oxygen atoms in total. The van der Waals surface area contributed by atoms with Crippen molar-refractivity contribution >= 4 is 12.0 Å². The maximum absolute atomic E-state index is 12.4. The lowest BCUT2D eigenvalue weighted by Gasteiger charge is -2.33. The third-order valence-electron chi connectivity index (χ3n) is 5.14. The highest BCUT2D eigenvalue weighted by Crippen LogP contribution is 2.40. The second kappa shape index (κ2) is 5.62.